The Labute approximate surface area is 410 Å². The van der Waals surface area contributed by atoms with Crippen LogP contribution in [0.1, 0.15) is 44.5 Å². The first-order valence-corrected chi connectivity index (χ1v) is 25.4. The number of benzene rings is 11. The van der Waals surface area contributed by atoms with Crippen molar-refractivity contribution in [1.82, 2.24) is 0 Å². The van der Waals surface area contributed by atoms with E-state index in [-0.39, 0.29) is 0 Å². The monoisotopic (exact) mass is 911 g/mol. The van der Waals surface area contributed by atoms with Crippen molar-refractivity contribution in [2.75, 3.05) is 4.90 Å². The first-order chi connectivity index (χ1) is 34.2. The molecular weight excluding hydrogens is 871 g/mol. The number of rotatable bonds is 4. The Hall–Kier alpha value is -7.82. The summed E-state index contributed by atoms with van der Waals surface area (Å²) in [5.41, 5.74) is 20.6. The molecule has 0 radical (unpaired) electrons. The molecule has 11 aromatic rings. The van der Waals surface area contributed by atoms with Crippen LogP contribution in [-0.2, 0) is 10.8 Å². The van der Waals surface area contributed by atoms with E-state index in [1.807, 2.05) is 23.5 Å². The van der Waals surface area contributed by atoms with Crippen LogP contribution in [0, 0.1) is 0 Å². The van der Waals surface area contributed by atoms with Crippen LogP contribution in [0.15, 0.2) is 268 Å². The molecule has 11 aromatic carbocycles. The molecule has 1 nitrogen and oxygen atoms in total. The smallest absolute Gasteiger partial charge is 0.0736 e. The number of hydrogen-bond donors (Lipinski definition) is 0. The molecule has 0 saturated heterocycles. The van der Waals surface area contributed by atoms with Crippen LogP contribution in [0.4, 0.5) is 17.1 Å². The highest BCUT2D eigenvalue weighted by Gasteiger charge is 2.52. The van der Waals surface area contributed by atoms with E-state index in [2.05, 4.69) is 254 Å². The lowest BCUT2D eigenvalue weighted by Gasteiger charge is -2.40. The van der Waals surface area contributed by atoms with Gasteiger partial charge in [0.05, 0.1) is 10.8 Å². The Balaban J connectivity index is 0.988. The van der Waals surface area contributed by atoms with E-state index in [1.54, 1.807) is 0 Å². The highest BCUT2D eigenvalue weighted by molar-refractivity contribution is 7.99. The minimum atomic E-state index is -0.497. The highest BCUT2D eigenvalue weighted by Crippen LogP contribution is 2.65. The molecule has 0 atom stereocenters. The van der Waals surface area contributed by atoms with Crippen LogP contribution in [0.5, 0.6) is 0 Å². The van der Waals surface area contributed by atoms with E-state index in [1.165, 1.54) is 108 Å². The molecule has 0 amide bonds. The van der Waals surface area contributed by atoms with Crippen molar-refractivity contribution in [3.05, 3.63) is 293 Å². The van der Waals surface area contributed by atoms with Gasteiger partial charge in [0, 0.05) is 36.6 Å². The molecule has 69 heavy (non-hydrogen) atoms. The van der Waals surface area contributed by atoms with E-state index in [0.29, 0.717) is 0 Å². The molecule has 15 rings (SSSR count). The second-order valence-electron chi connectivity index (χ2n) is 18.7. The zero-order valence-corrected chi connectivity index (χ0v) is 39.1. The van der Waals surface area contributed by atoms with Crippen molar-refractivity contribution < 1.29 is 0 Å². The summed E-state index contributed by atoms with van der Waals surface area (Å²) in [7, 11) is 0. The maximum Gasteiger partial charge on any atom is 0.0736 e. The minimum absolute atomic E-state index is 0.497. The second kappa shape index (κ2) is 14.8. The SMILES string of the molecule is c1ccc2c(c1)Sc1ccccc1C21c2ccccc2-c2ccc(N(c3ccc(-c4ccc5ccccc5c4)cc3)c3ccc4c(c3)C3(c5ccccc5Sc5ccccc53)c3ccccc3-4)cc21. The minimum Gasteiger partial charge on any atom is -0.310 e. The summed E-state index contributed by atoms with van der Waals surface area (Å²) >= 11 is 3.78. The molecule has 322 valence electrons. The maximum atomic E-state index is 2.52. The summed E-state index contributed by atoms with van der Waals surface area (Å²) in [5.74, 6) is 0. The molecule has 0 N–H and O–H groups in total. The maximum absolute atomic E-state index is 2.52. The second-order valence-corrected chi connectivity index (χ2v) is 20.9. The quantitative estimate of drug-likeness (QED) is 0.173. The Morgan fingerprint density at radius 1 is 0.246 bits per heavy atom. The molecule has 2 aliphatic carbocycles. The van der Waals surface area contributed by atoms with Gasteiger partial charge in [-0.2, -0.15) is 0 Å². The third-order valence-corrected chi connectivity index (χ3v) is 17.7. The van der Waals surface area contributed by atoms with Crippen LogP contribution < -0.4 is 4.90 Å². The molecule has 2 heterocycles. The third-order valence-electron chi connectivity index (χ3n) is 15.4. The van der Waals surface area contributed by atoms with E-state index >= 15 is 0 Å². The molecular formula is C66H41NS2. The first-order valence-electron chi connectivity index (χ1n) is 23.8. The van der Waals surface area contributed by atoms with Crippen LogP contribution >= 0.6 is 23.5 Å². The third kappa shape index (κ3) is 5.40. The van der Waals surface area contributed by atoms with Gasteiger partial charge in [-0.15, -0.1) is 0 Å². The Kier molecular flexibility index (Phi) is 8.43. The van der Waals surface area contributed by atoms with Crippen molar-refractivity contribution in [2.45, 2.75) is 30.4 Å². The highest BCUT2D eigenvalue weighted by atomic mass is 32.2. The normalized spacial score (nSPS) is 14.5. The topological polar surface area (TPSA) is 3.24 Å². The van der Waals surface area contributed by atoms with Crippen molar-refractivity contribution in [3.8, 4) is 33.4 Å². The summed E-state index contributed by atoms with van der Waals surface area (Å²) in [6.45, 7) is 0. The van der Waals surface area contributed by atoms with Gasteiger partial charge in [0.15, 0.2) is 0 Å². The van der Waals surface area contributed by atoms with Crippen molar-refractivity contribution in [3.63, 3.8) is 0 Å². The first kappa shape index (κ1) is 39.2. The van der Waals surface area contributed by atoms with Crippen molar-refractivity contribution in [2.24, 2.45) is 0 Å². The summed E-state index contributed by atoms with van der Waals surface area (Å²) in [6.07, 6.45) is 0. The fraction of sp³-hybridized carbons (Fsp3) is 0.0303. The lowest BCUT2D eigenvalue weighted by molar-refractivity contribution is 0.721. The van der Waals surface area contributed by atoms with Crippen LogP contribution in [0.3, 0.4) is 0 Å². The lowest BCUT2D eigenvalue weighted by Crippen LogP contribution is -2.32. The van der Waals surface area contributed by atoms with Crippen LogP contribution in [0.25, 0.3) is 44.2 Å². The largest absolute Gasteiger partial charge is 0.310 e. The Morgan fingerprint density at radius 2 is 0.609 bits per heavy atom. The van der Waals surface area contributed by atoms with Crippen molar-refractivity contribution >= 4 is 51.4 Å². The van der Waals surface area contributed by atoms with E-state index in [0.717, 1.165) is 17.1 Å². The van der Waals surface area contributed by atoms with Gasteiger partial charge in [0.2, 0.25) is 0 Å². The summed E-state index contributed by atoms with van der Waals surface area (Å²) in [4.78, 5) is 7.74. The Morgan fingerprint density at radius 3 is 1.09 bits per heavy atom. The van der Waals surface area contributed by atoms with E-state index in [4.69, 9.17) is 0 Å². The summed E-state index contributed by atoms with van der Waals surface area (Å²) < 4.78 is 0. The average Bonchev–Trinajstić information content (AvgIpc) is 3.86. The molecule has 3 heteroatoms. The predicted octanol–water partition coefficient (Wildman–Crippen LogP) is 17.6. The summed E-state index contributed by atoms with van der Waals surface area (Å²) in [5, 5.41) is 2.50. The zero-order chi connectivity index (χ0) is 45.3. The predicted molar refractivity (Wildman–Crippen MR) is 287 cm³/mol. The number of anilines is 3. The fourth-order valence-corrected chi connectivity index (χ4v) is 15.0. The molecule has 0 unspecified atom stereocenters. The van der Waals surface area contributed by atoms with Gasteiger partial charge < -0.3 is 4.90 Å². The molecule has 0 bridgehead atoms. The van der Waals surface area contributed by atoms with Gasteiger partial charge in [0.25, 0.3) is 0 Å². The zero-order valence-electron chi connectivity index (χ0n) is 37.4. The van der Waals surface area contributed by atoms with Gasteiger partial charge in [-0.3, -0.25) is 0 Å². The molecule has 0 fully saturated rings. The number of fused-ring (bicyclic) bond motifs is 19. The summed E-state index contributed by atoms with van der Waals surface area (Å²) in [6, 6.07) is 93.9. The average molecular weight is 912 g/mol. The van der Waals surface area contributed by atoms with Gasteiger partial charge in [-0.25, -0.2) is 0 Å². The molecule has 4 aliphatic rings. The van der Waals surface area contributed by atoms with Crippen LogP contribution in [0.2, 0.25) is 0 Å². The van der Waals surface area contributed by atoms with Gasteiger partial charge in [-0.05, 0) is 155 Å². The van der Waals surface area contributed by atoms with Crippen LogP contribution in [-0.4, -0.2) is 0 Å². The number of hydrogen-bond acceptors (Lipinski definition) is 3. The van der Waals surface area contributed by atoms with Crippen molar-refractivity contribution in [1.29, 1.82) is 0 Å². The molecule has 0 aromatic heterocycles. The van der Waals surface area contributed by atoms with E-state index in [9.17, 15) is 0 Å². The van der Waals surface area contributed by atoms with Gasteiger partial charge in [0.1, 0.15) is 0 Å². The fourth-order valence-electron chi connectivity index (χ4n) is 12.6. The molecule has 2 aliphatic heterocycles. The molecule has 2 spiro atoms. The van der Waals surface area contributed by atoms with Gasteiger partial charge >= 0.3 is 0 Å². The van der Waals surface area contributed by atoms with E-state index < -0.39 is 10.8 Å². The van der Waals surface area contributed by atoms with Gasteiger partial charge in [-0.1, -0.05) is 206 Å². The standard InChI is InChI=1S/C66H41NS2/c1-2-16-44-39-45(30-29-42(44)15-1)43-31-33-46(34-32-43)67(47-35-37-51-49-17-3-5-19-53(49)65(59(51)40-47)55-21-7-11-25-61(55)68-62-26-12-8-22-56(62)65)48-36-38-52-50-18-4-6-20-54(50)66(60(52)41-48)57-23-9-13-27-63(57)69-64-28-14-10-24-58(64)66/h1-41H. The Bertz CT molecular complexity index is 3650. The molecule has 0 saturated carbocycles. The lowest BCUT2D eigenvalue weighted by atomic mass is 9.67. The number of nitrogens with zero attached hydrogens (tertiary/aromatic N) is 1.